The molecule has 2 N–H and O–H groups in total. The molecule has 0 aromatic rings. The lowest BCUT2D eigenvalue weighted by atomic mass is 10.1. The maximum Gasteiger partial charge on any atom is 0.314 e. The second kappa shape index (κ2) is 7.45. The zero-order valence-corrected chi connectivity index (χ0v) is 13.6. The van der Waals surface area contributed by atoms with Gasteiger partial charge in [0.1, 0.15) is 0 Å². The highest BCUT2D eigenvalue weighted by molar-refractivity contribution is 7.91. The van der Waals surface area contributed by atoms with Crippen LogP contribution in [0.1, 0.15) is 32.6 Å². The third kappa shape index (κ3) is 5.14. The van der Waals surface area contributed by atoms with Crippen LogP contribution in [0, 0.1) is 5.92 Å². The summed E-state index contributed by atoms with van der Waals surface area (Å²) in [6.07, 6.45) is 4.19. The van der Waals surface area contributed by atoms with E-state index in [1.54, 1.807) is 0 Å². The van der Waals surface area contributed by atoms with Crippen LogP contribution in [-0.4, -0.2) is 63.1 Å². The Hall–Kier alpha value is -0.820. The zero-order chi connectivity index (χ0) is 15.3. The summed E-state index contributed by atoms with van der Waals surface area (Å²) in [5, 5.41) is 5.71. The van der Waals surface area contributed by atoms with Crippen molar-refractivity contribution >= 4 is 15.9 Å². The lowest BCUT2D eigenvalue weighted by molar-refractivity contribution is 0.215. The summed E-state index contributed by atoms with van der Waals surface area (Å²) in [7, 11) is -2.86. The van der Waals surface area contributed by atoms with E-state index in [0.717, 1.165) is 19.5 Å². The van der Waals surface area contributed by atoms with Gasteiger partial charge in [0.05, 0.1) is 11.5 Å². The maximum absolute atomic E-state index is 11.8. The molecule has 6 nitrogen and oxygen atoms in total. The normalized spacial score (nSPS) is 26.6. The number of hydrogen-bond donors (Lipinski definition) is 2. The van der Waals surface area contributed by atoms with Crippen molar-refractivity contribution in [3.63, 3.8) is 0 Å². The smallest absolute Gasteiger partial charge is 0.314 e. The molecule has 0 aromatic heterocycles. The van der Waals surface area contributed by atoms with E-state index >= 15 is 0 Å². The first-order valence-electron chi connectivity index (χ1n) is 7.96. The fourth-order valence-corrected chi connectivity index (χ4v) is 5.04. The molecule has 122 valence electrons. The quantitative estimate of drug-likeness (QED) is 0.752. The fourth-order valence-electron chi connectivity index (χ4n) is 3.18. The second-order valence-electron chi connectivity index (χ2n) is 6.17. The number of carbonyl (C=O) groups is 1. The largest absolute Gasteiger partial charge is 0.338 e. The van der Waals surface area contributed by atoms with Gasteiger partial charge < -0.3 is 10.6 Å². The first-order valence-corrected chi connectivity index (χ1v) is 9.78. The summed E-state index contributed by atoms with van der Waals surface area (Å²) in [5.74, 6) is 0.535. The molecule has 21 heavy (non-hydrogen) atoms. The molecule has 2 rings (SSSR count). The van der Waals surface area contributed by atoms with Gasteiger partial charge in [-0.25, -0.2) is 13.2 Å². The van der Waals surface area contributed by atoms with Gasteiger partial charge in [-0.1, -0.05) is 6.92 Å². The van der Waals surface area contributed by atoms with E-state index in [2.05, 4.69) is 22.5 Å². The van der Waals surface area contributed by atoms with Crippen LogP contribution in [0.3, 0.4) is 0 Å². The van der Waals surface area contributed by atoms with Gasteiger partial charge >= 0.3 is 6.03 Å². The predicted molar refractivity (Wildman–Crippen MR) is 83.0 cm³/mol. The van der Waals surface area contributed by atoms with E-state index in [9.17, 15) is 13.2 Å². The van der Waals surface area contributed by atoms with E-state index in [-0.39, 0.29) is 23.5 Å². The van der Waals surface area contributed by atoms with Crippen molar-refractivity contribution in [3.05, 3.63) is 0 Å². The molecule has 7 heteroatoms. The van der Waals surface area contributed by atoms with Crippen LogP contribution < -0.4 is 10.6 Å². The standard InChI is InChI=1S/C14H27N3O3S/c1-2-13(17-6-3-4-7-17)10-16-14(18)15-9-12-5-8-21(19,20)11-12/h12-13H,2-11H2,1H3,(H2,15,16,18)/t12-,13-/m0/s1. The Morgan fingerprint density at radius 3 is 2.57 bits per heavy atom. The molecule has 0 bridgehead atoms. The lowest BCUT2D eigenvalue weighted by Crippen LogP contribution is -2.46. The molecule has 2 saturated heterocycles. The van der Waals surface area contributed by atoms with Gasteiger partial charge in [-0.15, -0.1) is 0 Å². The number of likely N-dealkylation sites (tertiary alicyclic amines) is 1. The number of rotatable bonds is 6. The molecule has 0 aromatic carbocycles. The van der Waals surface area contributed by atoms with Crippen molar-refractivity contribution in [1.29, 1.82) is 0 Å². The van der Waals surface area contributed by atoms with Gasteiger partial charge in [-0.2, -0.15) is 0 Å². The molecule has 2 amide bonds. The van der Waals surface area contributed by atoms with Crippen LogP contribution in [0.25, 0.3) is 0 Å². The molecule has 0 spiro atoms. The van der Waals surface area contributed by atoms with Crippen LogP contribution in [0.15, 0.2) is 0 Å². The van der Waals surface area contributed by atoms with E-state index in [4.69, 9.17) is 0 Å². The average Bonchev–Trinajstić information content (AvgIpc) is 3.07. The van der Waals surface area contributed by atoms with Crippen LogP contribution in [-0.2, 0) is 9.84 Å². The van der Waals surface area contributed by atoms with Gasteiger partial charge in [-0.3, -0.25) is 4.90 Å². The lowest BCUT2D eigenvalue weighted by Gasteiger charge is -2.26. The van der Waals surface area contributed by atoms with Crippen LogP contribution in [0.4, 0.5) is 4.79 Å². The monoisotopic (exact) mass is 317 g/mol. The highest BCUT2D eigenvalue weighted by Gasteiger charge is 2.28. The average molecular weight is 317 g/mol. The van der Waals surface area contributed by atoms with Crippen LogP contribution in [0.5, 0.6) is 0 Å². The Morgan fingerprint density at radius 2 is 2.00 bits per heavy atom. The number of hydrogen-bond acceptors (Lipinski definition) is 4. The van der Waals surface area contributed by atoms with Gasteiger partial charge in [0.2, 0.25) is 0 Å². The predicted octanol–water partition coefficient (Wildman–Crippen LogP) is 0.595. The van der Waals surface area contributed by atoms with Gasteiger partial charge in [0.15, 0.2) is 9.84 Å². The van der Waals surface area contributed by atoms with Crippen LogP contribution in [0.2, 0.25) is 0 Å². The summed E-state index contributed by atoms with van der Waals surface area (Å²) in [6.45, 7) is 5.51. The first kappa shape index (κ1) is 16.5. The highest BCUT2D eigenvalue weighted by atomic mass is 32.2. The third-order valence-electron chi connectivity index (χ3n) is 4.50. The van der Waals surface area contributed by atoms with E-state index < -0.39 is 9.84 Å². The highest BCUT2D eigenvalue weighted by Crippen LogP contribution is 2.17. The summed E-state index contributed by atoms with van der Waals surface area (Å²) in [4.78, 5) is 14.2. The molecule has 2 heterocycles. The molecule has 2 atom stereocenters. The number of urea groups is 1. The first-order chi connectivity index (χ1) is 10.00. The topological polar surface area (TPSA) is 78.5 Å². The minimum absolute atomic E-state index is 0.0707. The molecule has 0 radical (unpaired) electrons. The fraction of sp³-hybridized carbons (Fsp3) is 0.929. The molecule has 2 fully saturated rings. The third-order valence-corrected chi connectivity index (χ3v) is 6.34. The number of sulfone groups is 1. The van der Waals surface area contributed by atoms with E-state index in [1.807, 2.05) is 0 Å². The van der Waals surface area contributed by atoms with E-state index in [1.165, 1.54) is 12.8 Å². The Balaban J connectivity index is 1.65. The van der Waals surface area contributed by atoms with E-state index in [0.29, 0.717) is 25.6 Å². The minimum atomic E-state index is -2.86. The molecule has 0 unspecified atom stereocenters. The summed E-state index contributed by atoms with van der Waals surface area (Å²) in [5.41, 5.74) is 0. The minimum Gasteiger partial charge on any atom is -0.338 e. The Kier molecular flexibility index (Phi) is 5.87. The number of carbonyl (C=O) groups excluding carboxylic acids is 1. The summed E-state index contributed by atoms with van der Waals surface area (Å²) < 4.78 is 22.7. The van der Waals surface area contributed by atoms with Crippen molar-refractivity contribution in [1.82, 2.24) is 15.5 Å². The zero-order valence-electron chi connectivity index (χ0n) is 12.8. The molecular formula is C14H27N3O3S. The summed E-state index contributed by atoms with van der Waals surface area (Å²) >= 11 is 0. The Bertz CT molecular complexity index is 446. The summed E-state index contributed by atoms with van der Waals surface area (Å²) in [6, 6.07) is 0.224. The number of amides is 2. The molecule has 2 aliphatic rings. The van der Waals surface area contributed by atoms with Crippen molar-refractivity contribution in [2.45, 2.75) is 38.6 Å². The second-order valence-corrected chi connectivity index (χ2v) is 8.39. The van der Waals surface area contributed by atoms with Gasteiger partial charge in [-0.05, 0) is 44.7 Å². The number of nitrogens with zero attached hydrogens (tertiary/aromatic N) is 1. The molecule has 0 aliphatic carbocycles. The van der Waals surface area contributed by atoms with Gasteiger partial charge in [0, 0.05) is 19.1 Å². The maximum atomic E-state index is 11.8. The van der Waals surface area contributed by atoms with Crippen molar-refractivity contribution in [3.8, 4) is 0 Å². The number of nitrogens with one attached hydrogen (secondary N) is 2. The Labute approximate surface area is 127 Å². The molecule has 2 aliphatic heterocycles. The van der Waals surface area contributed by atoms with Crippen molar-refractivity contribution < 1.29 is 13.2 Å². The Morgan fingerprint density at radius 1 is 1.29 bits per heavy atom. The van der Waals surface area contributed by atoms with Gasteiger partial charge in [0.25, 0.3) is 0 Å². The molecule has 0 saturated carbocycles. The molecular weight excluding hydrogens is 290 g/mol. The van der Waals surface area contributed by atoms with Crippen LogP contribution >= 0.6 is 0 Å². The van der Waals surface area contributed by atoms with Crippen molar-refractivity contribution in [2.75, 3.05) is 37.7 Å². The SMILES string of the molecule is CC[C@@H](CNC(=O)NC[C@@H]1CCS(=O)(=O)C1)N1CCCC1. The van der Waals surface area contributed by atoms with Crippen molar-refractivity contribution in [2.24, 2.45) is 5.92 Å².